The van der Waals surface area contributed by atoms with Crippen LogP contribution in [0.3, 0.4) is 0 Å². The molecule has 19 heavy (non-hydrogen) atoms. The van der Waals surface area contributed by atoms with Crippen LogP contribution in [0.5, 0.6) is 0 Å². The molecule has 1 aliphatic rings. The normalized spacial score (nSPS) is 18.1. The van der Waals surface area contributed by atoms with Crippen LogP contribution in [-0.2, 0) is 13.0 Å². The lowest BCUT2D eigenvalue weighted by Crippen LogP contribution is -2.29. The number of imidazole rings is 1. The summed E-state index contributed by atoms with van der Waals surface area (Å²) < 4.78 is 5.14. The smallest absolute Gasteiger partial charge is 0.292 e. The molecular formula is C11H14N6O2. The van der Waals surface area contributed by atoms with E-state index in [9.17, 15) is 4.79 Å². The van der Waals surface area contributed by atoms with Crippen LogP contribution in [0.2, 0.25) is 0 Å². The van der Waals surface area contributed by atoms with E-state index in [2.05, 4.69) is 30.7 Å². The molecule has 0 spiro atoms. The molecule has 0 radical (unpaired) electrons. The van der Waals surface area contributed by atoms with Gasteiger partial charge in [0.15, 0.2) is 0 Å². The minimum absolute atomic E-state index is 0.0616. The predicted octanol–water partition coefficient (Wildman–Crippen LogP) is -0.0706. The average Bonchev–Trinajstić information content (AvgIpc) is 3.07. The molecule has 0 fully saturated rings. The number of H-pyrrole nitrogens is 1. The van der Waals surface area contributed by atoms with Crippen LogP contribution in [0.15, 0.2) is 10.9 Å². The van der Waals surface area contributed by atoms with E-state index in [0.29, 0.717) is 25.4 Å². The fourth-order valence-electron chi connectivity index (χ4n) is 2.05. The standard InChI is InChI=1S/C11H14N6O2/c1-2-12-10(18)9-16-11(19-17-9)7-3-6-8(4-13-7)15-5-14-6/h5,7,13H,2-4H2,1H3,(H,12,18)(H,14,15). The van der Waals surface area contributed by atoms with Crippen molar-refractivity contribution >= 4 is 5.91 Å². The Balaban J connectivity index is 1.75. The molecule has 8 nitrogen and oxygen atoms in total. The van der Waals surface area contributed by atoms with Crippen LogP contribution >= 0.6 is 0 Å². The number of nitrogens with zero attached hydrogens (tertiary/aromatic N) is 3. The van der Waals surface area contributed by atoms with Gasteiger partial charge in [0, 0.05) is 19.5 Å². The molecule has 3 heterocycles. The van der Waals surface area contributed by atoms with Crippen molar-refractivity contribution in [1.82, 2.24) is 30.7 Å². The van der Waals surface area contributed by atoms with Crippen LogP contribution in [0, 0.1) is 0 Å². The van der Waals surface area contributed by atoms with E-state index in [1.54, 1.807) is 6.33 Å². The van der Waals surface area contributed by atoms with Crippen LogP contribution in [0.1, 0.15) is 40.9 Å². The first-order valence-corrected chi connectivity index (χ1v) is 6.14. The highest BCUT2D eigenvalue weighted by atomic mass is 16.5. The average molecular weight is 262 g/mol. The summed E-state index contributed by atoms with van der Waals surface area (Å²) >= 11 is 0. The van der Waals surface area contributed by atoms with Crippen molar-refractivity contribution in [1.29, 1.82) is 0 Å². The first-order valence-electron chi connectivity index (χ1n) is 6.14. The lowest BCUT2D eigenvalue weighted by Gasteiger charge is -2.19. The molecule has 0 saturated carbocycles. The van der Waals surface area contributed by atoms with Crippen molar-refractivity contribution in [3.63, 3.8) is 0 Å². The Kier molecular flexibility index (Phi) is 3.00. The van der Waals surface area contributed by atoms with Crippen molar-refractivity contribution < 1.29 is 9.32 Å². The summed E-state index contributed by atoms with van der Waals surface area (Å²) in [7, 11) is 0. The van der Waals surface area contributed by atoms with Crippen molar-refractivity contribution in [3.05, 3.63) is 29.4 Å². The van der Waals surface area contributed by atoms with Gasteiger partial charge in [0.25, 0.3) is 11.7 Å². The number of nitrogens with one attached hydrogen (secondary N) is 3. The monoisotopic (exact) mass is 262 g/mol. The van der Waals surface area contributed by atoms with E-state index in [0.717, 1.165) is 11.4 Å². The van der Waals surface area contributed by atoms with Gasteiger partial charge in [0.2, 0.25) is 5.89 Å². The van der Waals surface area contributed by atoms with Crippen molar-refractivity contribution in [2.24, 2.45) is 0 Å². The van der Waals surface area contributed by atoms with E-state index in [4.69, 9.17) is 4.52 Å². The SMILES string of the molecule is CCNC(=O)c1noc(C2Cc3nc[nH]c3CN2)n1. The molecule has 2 aromatic heterocycles. The first-order chi connectivity index (χ1) is 9.28. The third kappa shape index (κ3) is 2.22. The largest absolute Gasteiger partial charge is 0.349 e. The molecule has 3 rings (SSSR count). The summed E-state index contributed by atoms with van der Waals surface area (Å²) in [5, 5.41) is 9.58. The molecule has 2 aromatic rings. The van der Waals surface area contributed by atoms with Crippen LogP contribution in [-0.4, -0.2) is 32.6 Å². The van der Waals surface area contributed by atoms with Gasteiger partial charge in [-0.1, -0.05) is 5.16 Å². The quantitative estimate of drug-likeness (QED) is 0.714. The van der Waals surface area contributed by atoms with E-state index in [1.165, 1.54) is 0 Å². The zero-order valence-electron chi connectivity index (χ0n) is 10.4. The molecule has 1 unspecified atom stereocenters. The third-order valence-electron chi connectivity index (χ3n) is 3.01. The second kappa shape index (κ2) is 4.81. The van der Waals surface area contributed by atoms with Gasteiger partial charge in [-0.3, -0.25) is 10.1 Å². The number of hydrogen-bond donors (Lipinski definition) is 3. The van der Waals surface area contributed by atoms with Gasteiger partial charge in [-0.2, -0.15) is 4.98 Å². The fraction of sp³-hybridized carbons (Fsp3) is 0.455. The number of carbonyl (C=O) groups is 1. The molecule has 1 amide bonds. The minimum Gasteiger partial charge on any atom is -0.349 e. The summed E-state index contributed by atoms with van der Waals surface area (Å²) in [6.45, 7) is 3.03. The molecule has 0 aliphatic carbocycles. The number of aromatic nitrogens is 4. The van der Waals surface area contributed by atoms with Gasteiger partial charge in [-0.05, 0) is 6.92 Å². The maximum Gasteiger partial charge on any atom is 0.292 e. The summed E-state index contributed by atoms with van der Waals surface area (Å²) in [5.41, 5.74) is 2.06. The van der Waals surface area contributed by atoms with Gasteiger partial charge >= 0.3 is 0 Å². The Morgan fingerprint density at radius 2 is 2.53 bits per heavy atom. The van der Waals surface area contributed by atoms with E-state index in [-0.39, 0.29) is 17.8 Å². The molecule has 1 atom stereocenters. The maximum absolute atomic E-state index is 11.6. The Labute approximate surface area is 109 Å². The Morgan fingerprint density at radius 3 is 3.37 bits per heavy atom. The van der Waals surface area contributed by atoms with Crippen LogP contribution < -0.4 is 10.6 Å². The van der Waals surface area contributed by atoms with E-state index >= 15 is 0 Å². The lowest BCUT2D eigenvalue weighted by atomic mass is 10.1. The first kappa shape index (κ1) is 11.8. The number of rotatable bonds is 3. The summed E-state index contributed by atoms with van der Waals surface area (Å²) in [6.07, 6.45) is 2.33. The molecule has 0 aromatic carbocycles. The second-order valence-corrected chi connectivity index (χ2v) is 4.28. The zero-order chi connectivity index (χ0) is 13.2. The summed E-state index contributed by atoms with van der Waals surface area (Å²) in [6, 6.07) is -0.105. The summed E-state index contributed by atoms with van der Waals surface area (Å²) in [4.78, 5) is 23.0. The Hall–Kier alpha value is -2.22. The van der Waals surface area contributed by atoms with Gasteiger partial charge in [0.1, 0.15) is 0 Å². The highest BCUT2D eigenvalue weighted by Gasteiger charge is 2.26. The second-order valence-electron chi connectivity index (χ2n) is 4.28. The lowest BCUT2D eigenvalue weighted by molar-refractivity contribution is 0.0942. The molecule has 8 heteroatoms. The molecule has 1 aliphatic heterocycles. The molecular weight excluding hydrogens is 248 g/mol. The number of hydrogen-bond acceptors (Lipinski definition) is 6. The topological polar surface area (TPSA) is 109 Å². The molecule has 3 N–H and O–H groups in total. The zero-order valence-corrected chi connectivity index (χ0v) is 10.4. The molecule has 100 valence electrons. The van der Waals surface area contributed by atoms with Crippen molar-refractivity contribution in [3.8, 4) is 0 Å². The number of amides is 1. The van der Waals surface area contributed by atoms with Gasteiger partial charge in [-0.15, -0.1) is 0 Å². The van der Waals surface area contributed by atoms with Crippen molar-refractivity contribution in [2.75, 3.05) is 6.54 Å². The highest BCUT2D eigenvalue weighted by Crippen LogP contribution is 2.22. The Morgan fingerprint density at radius 1 is 1.63 bits per heavy atom. The number of fused-ring (bicyclic) bond motifs is 1. The maximum atomic E-state index is 11.6. The minimum atomic E-state index is -0.325. The molecule has 0 saturated heterocycles. The van der Waals surface area contributed by atoms with E-state index < -0.39 is 0 Å². The number of carbonyl (C=O) groups excluding carboxylic acids is 1. The number of aromatic amines is 1. The molecule has 0 bridgehead atoms. The van der Waals surface area contributed by atoms with Crippen molar-refractivity contribution in [2.45, 2.75) is 25.9 Å². The van der Waals surface area contributed by atoms with E-state index in [1.807, 2.05) is 6.92 Å². The van der Waals surface area contributed by atoms with Gasteiger partial charge in [-0.25, -0.2) is 4.98 Å². The van der Waals surface area contributed by atoms with Crippen LogP contribution in [0.25, 0.3) is 0 Å². The van der Waals surface area contributed by atoms with Crippen LogP contribution in [0.4, 0.5) is 0 Å². The Bertz CT molecular complexity index is 590. The fourth-order valence-corrected chi connectivity index (χ4v) is 2.05. The highest BCUT2D eigenvalue weighted by molar-refractivity contribution is 5.90. The van der Waals surface area contributed by atoms with Gasteiger partial charge in [0.05, 0.1) is 23.8 Å². The predicted molar refractivity (Wildman–Crippen MR) is 64.2 cm³/mol. The summed E-state index contributed by atoms with van der Waals surface area (Å²) in [5.74, 6) is 0.148. The van der Waals surface area contributed by atoms with Gasteiger partial charge < -0.3 is 14.8 Å². The third-order valence-corrected chi connectivity index (χ3v) is 3.01.